The molecule has 0 bridgehead atoms. The summed E-state index contributed by atoms with van der Waals surface area (Å²) in [7, 11) is 0. The van der Waals surface area contributed by atoms with Gasteiger partial charge in [-0.1, -0.05) is 45.0 Å². The van der Waals surface area contributed by atoms with Gasteiger partial charge >= 0.3 is 0 Å². The van der Waals surface area contributed by atoms with Crippen LogP contribution in [0.4, 0.5) is 0 Å². The monoisotopic (exact) mass is 397 g/mol. The lowest BCUT2D eigenvalue weighted by atomic mass is 9.97. The summed E-state index contributed by atoms with van der Waals surface area (Å²) in [4.78, 5) is 22.2. The number of amides is 1. The molecule has 1 aromatic heterocycles. The summed E-state index contributed by atoms with van der Waals surface area (Å²) in [5.74, 6) is 0.734. The van der Waals surface area contributed by atoms with E-state index in [0.29, 0.717) is 18.2 Å². The number of carbonyl (C=O) groups is 1. The molecule has 4 nitrogen and oxygen atoms in total. The molecule has 1 fully saturated rings. The SMILES string of the molecule is CC(C)(C)c1nc(CN2CCN(C(=O)CC3CCc4ccccc43)CC2)cs1. The first kappa shape index (κ1) is 19.6. The van der Waals surface area contributed by atoms with Crippen LogP contribution in [-0.4, -0.2) is 46.9 Å². The van der Waals surface area contributed by atoms with E-state index in [1.54, 1.807) is 11.3 Å². The van der Waals surface area contributed by atoms with Crippen molar-refractivity contribution in [3.63, 3.8) is 0 Å². The highest BCUT2D eigenvalue weighted by Crippen LogP contribution is 2.35. The zero-order valence-electron chi connectivity index (χ0n) is 17.3. The first-order valence-electron chi connectivity index (χ1n) is 10.4. The largest absolute Gasteiger partial charge is 0.340 e. The predicted molar refractivity (Wildman–Crippen MR) is 115 cm³/mol. The molecule has 1 aliphatic heterocycles. The van der Waals surface area contributed by atoms with E-state index in [9.17, 15) is 4.79 Å². The van der Waals surface area contributed by atoms with Gasteiger partial charge in [0.05, 0.1) is 10.7 Å². The Bertz CT molecular complexity index is 830. The van der Waals surface area contributed by atoms with Gasteiger partial charge in [0.15, 0.2) is 0 Å². The first-order valence-corrected chi connectivity index (χ1v) is 11.3. The van der Waals surface area contributed by atoms with Gasteiger partial charge in [-0.15, -0.1) is 11.3 Å². The van der Waals surface area contributed by atoms with Crippen molar-refractivity contribution in [1.82, 2.24) is 14.8 Å². The molecule has 1 aromatic carbocycles. The predicted octanol–water partition coefficient (Wildman–Crippen LogP) is 4.20. The molecule has 2 heterocycles. The number of aryl methyl sites for hydroxylation is 1. The standard InChI is InChI=1S/C23H31N3OS/c1-23(2,3)22-24-19(16-28-22)15-25-10-12-26(13-11-25)21(27)14-18-9-8-17-6-4-5-7-20(17)18/h4-7,16,18H,8-15H2,1-3H3. The van der Waals surface area contributed by atoms with E-state index in [4.69, 9.17) is 4.98 Å². The van der Waals surface area contributed by atoms with Crippen LogP contribution in [-0.2, 0) is 23.2 Å². The minimum atomic E-state index is 0.118. The highest BCUT2D eigenvalue weighted by molar-refractivity contribution is 7.09. The van der Waals surface area contributed by atoms with Crippen LogP contribution in [0.25, 0.3) is 0 Å². The molecule has 5 heteroatoms. The number of piperazine rings is 1. The Balaban J connectivity index is 1.27. The minimum absolute atomic E-state index is 0.118. The van der Waals surface area contributed by atoms with Crippen molar-refractivity contribution in [2.75, 3.05) is 26.2 Å². The van der Waals surface area contributed by atoms with Gasteiger partial charge in [0.25, 0.3) is 0 Å². The van der Waals surface area contributed by atoms with Crippen molar-refractivity contribution in [3.05, 3.63) is 51.5 Å². The number of carbonyl (C=O) groups excluding carboxylic acids is 1. The Morgan fingerprint density at radius 1 is 1.18 bits per heavy atom. The summed E-state index contributed by atoms with van der Waals surface area (Å²) < 4.78 is 0. The van der Waals surface area contributed by atoms with E-state index < -0.39 is 0 Å². The van der Waals surface area contributed by atoms with Gasteiger partial charge < -0.3 is 4.90 Å². The Kier molecular flexibility index (Phi) is 5.57. The molecule has 1 atom stereocenters. The third-order valence-corrected chi connectivity index (χ3v) is 7.30. The highest BCUT2D eigenvalue weighted by Gasteiger charge is 2.28. The van der Waals surface area contributed by atoms with Gasteiger partial charge in [-0.25, -0.2) is 4.98 Å². The van der Waals surface area contributed by atoms with Gasteiger partial charge in [0.1, 0.15) is 0 Å². The van der Waals surface area contributed by atoms with E-state index in [1.165, 1.54) is 16.1 Å². The number of rotatable bonds is 4. The molecule has 1 amide bonds. The third kappa shape index (κ3) is 4.31. The van der Waals surface area contributed by atoms with Crippen LogP contribution in [0, 0.1) is 0 Å². The Morgan fingerprint density at radius 3 is 2.64 bits per heavy atom. The van der Waals surface area contributed by atoms with Crippen LogP contribution in [0.1, 0.15) is 61.4 Å². The average molecular weight is 398 g/mol. The molecule has 150 valence electrons. The lowest BCUT2D eigenvalue weighted by Gasteiger charge is -2.35. The summed E-state index contributed by atoms with van der Waals surface area (Å²) in [6.07, 6.45) is 2.90. The highest BCUT2D eigenvalue weighted by atomic mass is 32.1. The molecule has 1 aliphatic carbocycles. The summed E-state index contributed by atoms with van der Waals surface area (Å²) in [5.41, 5.74) is 4.11. The molecule has 0 radical (unpaired) electrons. The van der Waals surface area contributed by atoms with Gasteiger partial charge in [-0.05, 0) is 29.9 Å². The molecule has 1 unspecified atom stereocenters. The van der Waals surface area contributed by atoms with Crippen molar-refractivity contribution >= 4 is 17.2 Å². The van der Waals surface area contributed by atoms with Crippen LogP contribution in [0.5, 0.6) is 0 Å². The zero-order valence-corrected chi connectivity index (χ0v) is 18.1. The fourth-order valence-corrected chi connectivity index (χ4v) is 5.20. The fourth-order valence-electron chi connectivity index (χ4n) is 4.31. The van der Waals surface area contributed by atoms with Crippen molar-refractivity contribution < 1.29 is 4.79 Å². The summed E-state index contributed by atoms with van der Waals surface area (Å²) >= 11 is 1.76. The Hall–Kier alpha value is -1.72. The maximum atomic E-state index is 12.8. The Morgan fingerprint density at radius 2 is 1.93 bits per heavy atom. The number of fused-ring (bicyclic) bond motifs is 1. The molecule has 1 saturated heterocycles. The van der Waals surface area contributed by atoms with Crippen LogP contribution < -0.4 is 0 Å². The van der Waals surface area contributed by atoms with Crippen molar-refractivity contribution in [1.29, 1.82) is 0 Å². The van der Waals surface area contributed by atoms with Gasteiger partial charge in [-0.3, -0.25) is 9.69 Å². The second-order valence-electron chi connectivity index (χ2n) is 9.19. The number of hydrogen-bond acceptors (Lipinski definition) is 4. The second kappa shape index (κ2) is 7.96. The number of benzene rings is 1. The maximum Gasteiger partial charge on any atom is 0.223 e. The fraction of sp³-hybridized carbons (Fsp3) is 0.565. The van der Waals surface area contributed by atoms with Crippen molar-refractivity contribution in [2.24, 2.45) is 0 Å². The minimum Gasteiger partial charge on any atom is -0.340 e. The quantitative estimate of drug-likeness (QED) is 0.776. The third-order valence-electron chi connectivity index (χ3n) is 5.98. The van der Waals surface area contributed by atoms with Crippen LogP contribution in [0.2, 0.25) is 0 Å². The van der Waals surface area contributed by atoms with E-state index in [0.717, 1.165) is 51.3 Å². The molecule has 0 spiro atoms. The van der Waals surface area contributed by atoms with Crippen LogP contribution >= 0.6 is 11.3 Å². The Labute approximate surface area is 172 Å². The smallest absolute Gasteiger partial charge is 0.223 e. The molecule has 4 rings (SSSR count). The molecule has 2 aromatic rings. The van der Waals surface area contributed by atoms with Crippen LogP contribution in [0.3, 0.4) is 0 Å². The average Bonchev–Trinajstić information content (AvgIpc) is 3.30. The lowest BCUT2D eigenvalue weighted by molar-refractivity contribution is -0.133. The summed E-state index contributed by atoms with van der Waals surface area (Å²) in [5, 5.41) is 3.39. The second-order valence-corrected chi connectivity index (χ2v) is 10.0. The lowest BCUT2D eigenvalue weighted by Crippen LogP contribution is -2.48. The van der Waals surface area contributed by atoms with Gasteiger partial charge in [-0.2, -0.15) is 0 Å². The molecular weight excluding hydrogens is 366 g/mol. The topological polar surface area (TPSA) is 36.4 Å². The normalized spacial score (nSPS) is 20.4. The zero-order chi connectivity index (χ0) is 19.7. The van der Waals surface area contributed by atoms with Crippen molar-refractivity contribution in [2.45, 2.75) is 57.9 Å². The number of nitrogens with zero attached hydrogens (tertiary/aromatic N) is 3. The molecule has 0 N–H and O–H groups in total. The number of hydrogen-bond donors (Lipinski definition) is 0. The van der Waals surface area contributed by atoms with Gasteiger partial charge in [0.2, 0.25) is 5.91 Å². The van der Waals surface area contributed by atoms with E-state index >= 15 is 0 Å². The summed E-state index contributed by atoms with van der Waals surface area (Å²) in [6, 6.07) is 8.62. The number of thiazole rings is 1. The van der Waals surface area contributed by atoms with Crippen molar-refractivity contribution in [3.8, 4) is 0 Å². The molecule has 2 aliphatic rings. The summed E-state index contributed by atoms with van der Waals surface area (Å²) in [6.45, 7) is 11.1. The number of aromatic nitrogens is 1. The first-order chi connectivity index (χ1) is 13.4. The molecular formula is C23H31N3OS. The molecule has 28 heavy (non-hydrogen) atoms. The van der Waals surface area contributed by atoms with E-state index in [1.807, 2.05) is 0 Å². The van der Waals surface area contributed by atoms with Gasteiger partial charge in [0, 0.05) is 49.9 Å². The van der Waals surface area contributed by atoms with E-state index in [2.05, 4.69) is 60.2 Å². The van der Waals surface area contributed by atoms with E-state index in [-0.39, 0.29) is 5.41 Å². The molecule has 0 saturated carbocycles. The maximum absolute atomic E-state index is 12.8. The van der Waals surface area contributed by atoms with Crippen LogP contribution in [0.15, 0.2) is 29.6 Å².